The number of carboxylic acid groups (broad SMARTS) is 1. The molecule has 0 aliphatic carbocycles. The summed E-state index contributed by atoms with van der Waals surface area (Å²) >= 11 is 0. The van der Waals surface area contributed by atoms with E-state index in [4.69, 9.17) is 5.11 Å². The lowest BCUT2D eigenvalue weighted by molar-refractivity contribution is -0.137. The van der Waals surface area contributed by atoms with Crippen LogP contribution in [0.5, 0.6) is 0 Å². The first-order valence-corrected chi connectivity index (χ1v) is 8.88. The highest BCUT2D eigenvalue weighted by Crippen LogP contribution is 2.04. The zero-order chi connectivity index (χ0) is 18.9. The van der Waals surface area contributed by atoms with Gasteiger partial charge in [-0.2, -0.15) is 0 Å². The first-order chi connectivity index (χ1) is 12.0. The summed E-state index contributed by atoms with van der Waals surface area (Å²) in [6.45, 7) is 1.95. The van der Waals surface area contributed by atoms with Crippen LogP contribution in [0.15, 0.2) is 48.6 Å². The van der Waals surface area contributed by atoms with Crippen molar-refractivity contribution < 1.29 is 25.2 Å². The molecule has 0 aromatic rings. The zero-order valence-electron chi connectivity index (χ0n) is 15.0. The lowest BCUT2D eigenvalue weighted by Gasteiger charge is -2.04. The predicted molar refractivity (Wildman–Crippen MR) is 100 cm³/mol. The highest BCUT2D eigenvalue weighted by Gasteiger charge is 2.01. The van der Waals surface area contributed by atoms with Gasteiger partial charge < -0.3 is 20.4 Å². The summed E-state index contributed by atoms with van der Waals surface area (Å²) in [6.07, 6.45) is 16.4. The van der Waals surface area contributed by atoms with E-state index in [1.807, 2.05) is 19.1 Å². The molecule has 0 aromatic heterocycles. The van der Waals surface area contributed by atoms with Gasteiger partial charge in [-0.05, 0) is 38.5 Å². The molecule has 0 heterocycles. The molecule has 0 bridgehead atoms. The summed E-state index contributed by atoms with van der Waals surface area (Å²) in [5, 5.41) is 37.3. The van der Waals surface area contributed by atoms with Gasteiger partial charge in [-0.15, -0.1) is 0 Å². The smallest absolute Gasteiger partial charge is 0.303 e. The van der Waals surface area contributed by atoms with E-state index in [1.165, 1.54) is 0 Å². The van der Waals surface area contributed by atoms with Gasteiger partial charge in [0.15, 0.2) is 0 Å². The van der Waals surface area contributed by atoms with Crippen LogP contribution in [-0.2, 0) is 4.79 Å². The molecule has 1 unspecified atom stereocenters. The summed E-state index contributed by atoms with van der Waals surface area (Å²) < 4.78 is 0. The Morgan fingerprint density at radius 3 is 2.16 bits per heavy atom. The maximum atomic E-state index is 10.4. The molecule has 0 aliphatic rings. The molecule has 0 rings (SSSR count). The highest BCUT2D eigenvalue weighted by atomic mass is 16.4. The van der Waals surface area contributed by atoms with Gasteiger partial charge in [-0.25, -0.2) is 0 Å². The minimum absolute atomic E-state index is 0.0645. The molecule has 0 radical (unpaired) electrons. The van der Waals surface area contributed by atoms with Crippen LogP contribution >= 0.6 is 0 Å². The third kappa shape index (κ3) is 16.9. The second kappa shape index (κ2) is 15.8. The molecule has 142 valence electrons. The van der Waals surface area contributed by atoms with Gasteiger partial charge in [0.05, 0.1) is 18.3 Å². The Morgan fingerprint density at radius 1 is 0.920 bits per heavy atom. The van der Waals surface area contributed by atoms with E-state index in [0.29, 0.717) is 19.3 Å². The molecule has 0 amide bonds. The van der Waals surface area contributed by atoms with Crippen LogP contribution in [0.1, 0.15) is 51.9 Å². The Balaban J connectivity index is 3.86. The minimum atomic E-state index is -0.854. The van der Waals surface area contributed by atoms with Crippen molar-refractivity contribution in [2.45, 2.75) is 70.2 Å². The van der Waals surface area contributed by atoms with Crippen LogP contribution in [0.4, 0.5) is 0 Å². The van der Waals surface area contributed by atoms with Gasteiger partial charge in [-0.1, -0.05) is 55.5 Å². The quantitative estimate of drug-likeness (QED) is 0.284. The van der Waals surface area contributed by atoms with Crippen molar-refractivity contribution in [2.24, 2.45) is 0 Å². The van der Waals surface area contributed by atoms with Gasteiger partial charge in [-0.3, -0.25) is 4.79 Å². The van der Waals surface area contributed by atoms with Crippen molar-refractivity contribution in [3.8, 4) is 0 Å². The minimum Gasteiger partial charge on any atom is -0.481 e. The van der Waals surface area contributed by atoms with Crippen molar-refractivity contribution in [3.63, 3.8) is 0 Å². The molecule has 5 nitrogen and oxygen atoms in total. The van der Waals surface area contributed by atoms with Gasteiger partial charge in [0.1, 0.15) is 0 Å². The SMILES string of the molecule is CCC(O)CC/C=C\C[C@@H](O)/C=C/C=C/C=C\[C@@H](O)CCCC(=O)O. The number of hydrogen-bond donors (Lipinski definition) is 4. The maximum Gasteiger partial charge on any atom is 0.303 e. The molecule has 25 heavy (non-hydrogen) atoms. The number of aliphatic hydroxyl groups is 3. The summed E-state index contributed by atoms with van der Waals surface area (Å²) in [6, 6.07) is 0. The fourth-order valence-electron chi connectivity index (χ4n) is 2.00. The third-order valence-corrected chi connectivity index (χ3v) is 3.57. The number of aliphatic hydroxyl groups excluding tert-OH is 3. The van der Waals surface area contributed by atoms with Crippen LogP contribution in [-0.4, -0.2) is 44.7 Å². The number of aliphatic carboxylic acids is 1. The van der Waals surface area contributed by atoms with Crippen LogP contribution in [0.2, 0.25) is 0 Å². The Kier molecular flexibility index (Phi) is 14.7. The lowest BCUT2D eigenvalue weighted by Crippen LogP contribution is -2.03. The van der Waals surface area contributed by atoms with Gasteiger partial charge in [0, 0.05) is 6.42 Å². The van der Waals surface area contributed by atoms with E-state index in [0.717, 1.165) is 19.3 Å². The third-order valence-electron chi connectivity index (χ3n) is 3.57. The average molecular weight is 352 g/mol. The van der Waals surface area contributed by atoms with Crippen LogP contribution in [0.25, 0.3) is 0 Å². The van der Waals surface area contributed by atoms with Crippen LogP contribution in [0.3, 0.4) is 0 Å². The lowest BCUT2D eigenvalue weighted by atomic mass is 10.1. The highest BCUT2D eigenvalue weighted by molar-refractivity contribution is 5.66. The summed E-state index contributed by atoms with van der Waals surface area (Å²) in [4.78, 5) is 10.4. The van der Waals surface area contributed by atoms with Crippen molar-refractivity contribution in [1.29, 1.82) is 0 Å². The Bertz CT molecular complexity index is 451. The summed E-state index contributed by atoms with van der Waals surface area (Å²) in [7, 11) is 0. The average Bonchev–Trinajstić information content (AvgIpc) is 2.57. The largest absolute Gasteiger partial charge is 0.481 e. The molecule has 0 saturated carbocycles. The molecule has 5 heteroatoms. The van der Waals surface area contributed by atoms with Gasteiger partial charge in [0.2, 0.25) is 0 Å². The topological polar surface area (TPSA) is 98.0 Å². The monoisotopic (exact) mass is 352 g/mol. The normalized spacial score (nSPS) is 16.3. The fourth-order valence-corrected chi connectivity index (χ4v) is 2.00. The van der Waals surface area contributed by atoms with Crippen LogP contribution in [0, 0.1) is 0 Å². The first kappa shape index (κ1) is 23.3. The van der Waals surface area contributed by atoms with E-state index in [1.54, 1.807) is 36.5 Å². The Hall–Kier alpha value is -1.69. The van der Waals surface area contributed by atoms with Crippen molar-refractivity contribution >= 4 is 5.97 Å². The van der Waals surface area contributed by atoms with E-state index < -0.39 is 18.2 Å². The Morgan fingerprint density at radius 2 is 1.56 bits per heavy atom. The molecule has 4 N–H and O–H groups in total. The van der Waals surface area contributed by atoms with E-state index in [9.17, 15) is 20.1 Å². The van der Waals surface area contributed by atoms with Crippen molar-refractivity contribution in [2.75, 3.05) is 0 Å². The predicted octanol–water partition coefficient (Wildman–Crippen LogP) is 3.13. The van der Waals surface area contributed by atoms with E-state index in [2.05, 4.69) is 0 Å². The van der Waals surface area contributed by atoms with Gasteiger partial charge >= 0.3 is 5.97 Å². The molecular formula is C20H32O5. The molecule has 0 aliphatic heterocycles. The standard InChI is InChI=1S/C20H32O5/c1-2-17(21)11-8-5-9-14-18(22)12-6-3-4-7-13-19(23)15-10-16-20(24)25/h3-7,9,12-13,17-19,21-23H,2,8,10-11,14-16H2,1H3,(H,24,25)/b4-3+,9-5-,12-6+,13-7-/t17?,18-,19+/m0/s1. The van der Waals surface area contributed by atoms with Crippen LogP contribution < -0.4 is 0 Å². The zero-order valence-corrected chi connectivity index (χ0v) is 15.0. The number of allylic oxidation sites excluding steroid dienone is 5. The first-order valence-electron chi connectivity index (χ1n) is 8.88. The number of carboxylic acids is 1. The molecule has 0 aromatic carbocycles. The van der Waals surface area contributed by atoms with Gasteiger partial charge in [0.25, 0.3) is 0 Å². The van der Waals surface area contributed by atoms with Crippen molar-refractivity contribution in [1.82, 2.24) is 0 Å². The molecule has 0 saturated heterocycles. The fraction of sp³-hybridized carbons (Fsp3) is 0.550. The Labute approximate surface area is 150 Å². The van der Waals surface area contributed by atoms with E-state index in [-0.39, 0.29) is 12.5 Å². The second-order valence-corrected chi connectivity index (χ2v) is 5.92. The molecule has 0 spiro atoms. The number of rotatable bonds is 14. The number of hydrogen-bond acceptors (Lipinski definition) is 4. The molecule has 3 atom stereocenters. The summed E-state index contributed by atoms with van der Waals surface area (Å²) in [5.41, 5.74) is 0. The molecule has 0 fully saturated rings. The maximum absolute atomic E-state index is 10.4. The number of carbonyl (C=O) groups is 1. The second-order valence-electron chi connectivity index (χ2n) is 5.92. The summed E-state index contributed by atoms with van der Waals surface area (Å²) in [5.74, 6) is -0.854. The van der Waals surface area contributed by atoms with E-state index >= 15 is 0 Å². The van der Waals surface area contributed by atoms with Crippen molar-refractivity contribution in [3.05, 3.63) is 48.6 Å². The molecular weight excluding hydrogens is 320 g/mol.